The minimum atomic E-state index is -1.32. The van der Waals surface area contributed by atoms with Gasteiger partial charge in [-0.05, 0) is 58.0 Å². The van der Waals surface area contributed by atoms with Gasteiger partial charge in [-0.2, -0.15) is 5.26 Å². The summed E-state index contributed by atoms with van der Waals surface area (Å²) in [5.41, 5.74) is 3.79. The molecular formula is C29H23IN2O5. The number of para-hydroxylation sites is 1. The van der Waals surface area contributed by atoms with E-state index >= 15 is 0 Å². The summed E-state index contributed by atoms with van der Waals surface area (Å²) >= 11 is 2.17. The number of H-pyrrole nitrogens is 1. The SMILES string of the molecule is CC1(C)OC(=O)C([C@H](c2ccc(OCc3ccccc3C#N)c(I)c2)c2c[nH]c3ccccc23)C(=O)O1. The lowest BCUT2D eigenvalue weighted by molar-refractivity contribution is -0.240. The molecule has 2 heterocycles. The van der Waals surface area contributed by atoms with Crippen LogP contribution in [0.3, 0.4) is 0 Å². The van der Waals surface area contributed by atoms with E-state index in [0.717, 1.165) is 31.2 Å². The summed E-state index contributed by atoms with van der Waals surface area (Å²) in [6, 6.07) is 22.8. The molecule has 1 aliphatic rings. The van der Waals surface area contributed by atoms with Crippen molar-refractivity contribution in [3.63, 3.8) is 0 Å². The Morgan fingerprint density at radius 2 is 1.76 bits per heavy atom. The fraction of sp³-hybridized carbons (Fsp3) is 0.207. The van der Waals surface area contributed by atoms with E-state index in [1.807, 2.05) is 66.9 Å². The number of hydrogen-bond acceptors (Lipinski definition) is 6. The van der Waals surface area contributed by atoms with E-state index in [1.165, 1.54) is 0 Å². The maximum absolute atomic E-state index is 13.2. The van der Waals surface area contributed by atoms with Crippen LogP contribution < -0.4 is 4.74 Å². The van der Waals surface area contributed by atoms with Crippen LogP contribution in [0.4, 0.5) is 0 Å². The van der Waals surface area contributed by atoms with Crippen molar-refractivity contribution in [1.82, 2.24) is 4.98 Å². The highest BCUT2D eigenvalue weighted by atomic mass is 127. The first-order chi connectivity index (χ1) is 17.8. The van der Waals surface area contributed by atoms with E-state index in [4.69, 9.17) is 14.2 Å². The molecule has 0 spiro atoms. The average molecular weight is 606 g/mol. The molecule has 0 unspecified atom stereocenters. The van der Waals surface area contributed by atoms with Crippen molar-refractivity contribution in [2.75, 3.05) is 0 Å². The summed E-state index contributed by atoms with van der Waals surface area (Å²) in [7, 11) is 0. The Morgan fingerprint density at radius 1 is 1.05 bits per heavy atom. The summed E-state index contributed by atoms with van der Waals surface area (Å²) < 4.78 is 17.8. The van der Waals surface area contributed by atoms with Crippen LogP contribution in [0.5, 0.6) is 5.75 Å². The van der Waals surface area contributed by atoms with Crippen molar-refractivity contribution < 1.29 is 23.8 Å². The summed E-state index contributed by atoms with van der Waals surface area (Å²) in [6.07, 6.45) is 1.83. The molecule has 8 heteroatoms. The summed E-state index contributed by atoms with van der Waals surface area (Å²) in [5, 5.41) is 10.3. The van der Waals surface area contributed by atoms with Gasteiger partial charge in [-0.3, -0.25) is 9.59 Å². The number of hydrogen-bond donors (Lipinski definition) is 1. The lowest BCUT2D eigenvalue weighted by Crippen LogP contribution is -2.48. The number of rotatable bonds is 6. The van der Waals surface area contributed by atoms with E-state index in [2.05, 4.69) is 33.6 Å². The van der Waals surface area contributed by atoms with Gasteiger partial charge in [-0.1, -0.05) is 42.5 Å². The van der Waals surface area contributed by atoms with Gasteiger partial charge in [0.2, 0.25) is 0 Å². The molecule has 7 nitrogen and oxygen atoms in total. The maximum atomic E-state index is 13.2. The molecule has 1 atom stereocenters. The number of cyclic esters (lactones) is 2. The highest BCUT2D eigenvalue weighted by molar-refractivity contribution is 14.1. The molecule has 1 aromatic heterocycles. The molecule has 1 N–H and O–H groups in total. The lowest BCUT2D eigenvalue weighted by atomic mass is 9.80. The van der Waals surface area contributed by atoms with E-state index in [1.54, 1.807) is 19.9 Å². The zero-order valence-corrected chi connectivity index (χ0v) is 22.3. The highest BCUT2D eigenvalue weighted by Crippen LogP contribution is 2.42. The Bertz CT molecular complexity index is 1530. The van der Waals surface area contributed by atoms with E-state index in [0.29, 0.717) is 11.3 Å². The molecule has 5 rings (SSSR count). The molecule has 3 aromatic carbocycles. The summed E-state index contributed by atoms with van der Waals surface area (Å²) in [5.74, 6) is -3.75. The van der Waals surface area contributed by atoms with Crippen molar-refractivity contribution in [1.29, 1.82) is 5.26 Å². The Hall–Kier alpha value is -3.84. The fourth-order valence-corrected chi connectivity index (χ4v) is 5.34. The number of aromatic amines is 1. The quantitative estimate of drug-likeness (QED) is 0.169. The summed E-state index contributed by atoms with van der Waals surface area (Å²) in [4.78, 5) is 29.5. The van der Waals surface area contributed by atoms with Gasteiger partial charge in [0.15, 0.2) is 5.92 Å². The fourth-order valence-electron chi connectivity index (χ4n) is 4.64. The number of halogens is 1. The van der Waals surface area contributed by atoms with Crippen LogP contribution in [-0.4, -0.2) is 22.7 Å². The smallest absolute Gasteiger partial charge is 0.324 e. The van der Waals surface area contributed by atoms with Gasteiger partial charge in [0.05, 0.1) is 15.2 Å². The zero-order valence-electron chi connectivity index (χ0n) is 20.2. The van der Waals surface area contributed by atoms with E-state index in [-0.39, 0.29) is 6.61 Å². The molecule has 0 radical (unpaired) electrons. The van der Waals surface area contributed by atoms with Crippen LogP contribution in [0, 0.1) is 20.8 Å². The first-order valence-electron chi connectivity index (χ1n) is 11.7. The molecule has 0 aliphatic carbocycles. The van der Waals surface area contributed by atoms with Gasteiger partial charge >= 0.3 is 11.9 Å². The number of carbonyl (C=O) groups is 2. The molecule has 0 amide bonds. The molecule has 37 heavy (non-hydrogen) atoms. The normalized spacial score (nSPS) is 16.1. The number of benzene rings is 3. The van der Waals surface area contributed by atoms with Crippen LogP contribution >= 0.6 is 22.6 Å². The van der Waals surface area contributed by atoms with Gasteiger partial charge in [-0.25, -0.2) is 0 Å². The highest BCUT2D eigenvalue weighted by Gasteiger charge is 2.48. The minimum absolute atomic E-state index is 0.237. The first kappa shape index (κ1) is 24.8. The van der Waals surface area contributed by atoms with Crippen LogP contribution in [0.2, 0.25) is 0 Å². The minimum Gasteiger partial charge on any atom is -0.488 e. The van der Waals surface area contributed by atoms with Gasteiger partial charge in [-0.15, -0.1) is 0 Å². The second-order valence-electron chi connectivity index (χ2n) is 9.23. The molecule has 0 saturated carbocycles. The maximum Gasteiger partial charge on any atom is 0.324 e. The number of aromatic nitrogens is 1. The van der Waals surface area contributed by atoms with Crippen LogP contribution in [-0.2, 0) is 25.7 Å². The number of nitriles is 1. The molecule has 1 saturated heterocycles. The third kappa shape index (κ3) is 4.91. The Morgan fingerprint density at radius 3 is 2.49 bits per heavy atom. The average Bonchev–Trinajstić information content (AvgIpc) is 3.29. The first-order valence-corrected chi connectivity index (χ1v) is 12.8. The van der Waals surface area contributed by atoms with Crippen molar-refractivity contribution in [3.05, 3.63) is 98.8 Å². The number of ether oxygens (including phenoxy) is 3. The van der Waals surface area contributed by atoms with Crippen LogP contribution in [0.1, 0.15) is 42.0 Å². The molecule has 4 aromatic rings. The molecule has 1 aliphatic heterocycles. The number of nitrogens with zero attached hydrogens (tertiary/aromatic N) is 1. The predicted octanol–water partition coefficient (Wildman–Crippen LogP) is 5.81. The largest absolute Gasteiger partial charge is 0.488 e. The van der Waals surface area contributed by atoms with Crippen LogP contribution in [0.25, 0.3) is 10.9 Å². The predicted molar refractivity (Wildman–Crippen MR) is 145 cm³/mol. The molecular weight excluding hydrogens is 583 g/mol. The van der Waals surface area contributed by atoms with Crippen LogP contribution in [0.15, 0.2) is 72.9 Å². The second kappa shape index (κ2) is 9.90. The van der Waals surface area contributed by atoms with Crippen molar-refractivity contribution in [2.45, 2.75) is 32.2 Å². The van der Waals surface area contributed by atoms with Gasteiger partial charge < -0.3 is 19.2 Å². The van der Waals surface area contributed by atoms with Gasteiger partial charge in [0.25, 0.3) is 5.79 Å². The van der Waals surface area contributed by atoms with Crippen molar-refractivity contribution in [2.24, 2.45) is 5.92 Å². The molecule has 0 bridgehead atoms. The summed E-state index contributed by atoms with van der Waals surface area (Å²) in [6.45, 7) is 3.32. The monoisotopic (exact) mass is 606 g/mol. The zero-order chi connectivity index (χ0) is 26.2. The standard InChI is InChI=1S/C29H23IN2O5/c1-29(2)36-27(33)26(28(34)37-29)25(21-15-32-23-10-6-5-9-20(21)23)17-11-12-24(22(30)13-17)35-16-19-8-4-3-7-18(19)14-31/h3-13,15,25-26,32H,16H2,1-2H3/t25-/m1/s1. The molecule has 186 valence electrons. The number of esters is 2. The number of carbonyl (C=O) groups excluding carboxylic acids is 2. The van der Waals surface area contributed by atoms with Crippen molar-refractivity contribution in [3.8, 4) is 11.8 Å². The Kier molecular flexibility index (Phi) is 6.65. The lowest BCUT2D eigenvalue weighted by Gasteiger charge is -2.36. The van der Waals surface area contributed by atoms with Gasteiger partial charge in [0, 0.05) is 42.4 Å². The topological polar surface area (TPSA) is 101 Å². The van der Waals surface area contributed by atoms with Crippen molar-refractivity contribution >= 4 is 45.4 Å². The third-order valence-corrected chi connectivity index (χ3v) is 7.17. The molecule has 1 fully saturated rings. The number of fused-ring (bicyclic) bond motifs is 1. The van der Waals surface area contributed by atoms with E-state index < -0.39 is 29.6 Å². The van der Waals surface area contributed by atoms with E-state index in [9.17, 15) is 14.9 Å². The third-order valence-electron chi connectivity index (χ3n) is 6.33. The Balaban J connectivity index is 1.53. The Labute approximate surface area is 227 Å². The number of nitrogens with one attached hydrogen (secondary N) is 1. The second-order valence-corrected chi connectivity index (χ2v) is 10.4. The van der Waals surface area contributed by atoms with Gasteiger partial charge in [0.1, 0.15) is 12.4 Å².